The number of hydrogen-bond acceptors (Lipinski definition) is 4. The van der Waals surface area contributed by atoms with Crippen LogP contribution in [-0.2, 0) is 9.53 Å². The van der Waals surface area contributed by atoms with Crippen LogP contribution in [0.15, 0.2) is 24.5 Å². The molecule has 0 bridgehead atoms. The van der Waals surface area contributed by atoms with E-state index in [2.05, 4.69) is 14.8 Å². The Kier molecular flexibility index (Phi) is 4.55. The molecule has 5 heteroatoms. The van der Waals surface area contributed by atoms with Crippen molar-refractivity contribution in [1.82, 2.24) is 14.8 Å². The first kappa shape index (κ1) is 16.0. The van der Waals surface area contributed by atoms with Gasteiger partial charge in [0.25, 0.3) is 0 Å². The molecule has 1 aliphatic carbocycles. The normalized spacial score (nSPS) is 25.2. The number of morpholine rings is 1. The number of likely N-dealkylation sites (tertiary alicyclic amines) is 1. The highest BCUT2D eigenvalue weighted by atomic mass is 16.5. The third-order valence-electron chi connectivity index (χ3n) is 5.81. The molecule has 1 aromatic heterocycles. The molecule has 4 rings (SSSR count). The summed E-state index contributed by atoms with van der Waals surface area (Å²) in [5, 5.41) is 0. The standard InChI is InChI=1S/C19H27N3O2/c23-18(22-12-13-24-19(15-22)7-1-2-8-19)17(21-10-3-4-11-21)16-6-5-9-20-14-16/h5-6,9,14,17H,1-4,7-8,10-13,15H2/t17-/m1/s1. The lowest BCUT2D eigenvalue weighted by Crippen LogP contribution is -2.54. The van der Waals surface area contributed by atoms with Gasteiger partial charge >= 0.3 is 0 Å². The third-order valence-corrected chi connectivity index (χ3v) is 5.81. The number of amides is 1. The highest BCUT2D eigenvalue weighted by molar-refractivity contribution is 5.83. The summed E-state index contributed by atoms with van der Waals surface area (Å²) in [6.45, 7) is 4.15. The number of nitrogens with zero attached hydrogens (tertiary/aromatic N) is 3. The van der Waals surface area contributed by atoms with Crippen molar-refractivity contribution in [3.05, 3.63) is 30.1 Å². The van der Waals surface area contributed by atoms with Gasteiger partial charge in [-0.05, 0) is 50.4 Å². The van der Waals surface area contributed by atoms with E-state index in [-0.39, 0.29) is 17.6 Å². The topological polar surface area (TPSA) is 45.7 Å². The van der Waals surface area contributed by atoms with Gasteiger partial charge in [-0.2, -0.15) is 0 Å². The lowest BCUT2D eigenvalue weighted by Gasteiger charge is -2.42. The van der Waals surface area contributed by atoms with Crippen molar-refractivity contribution in [2.75, 3.05) is 32.8 Å². The fraction of sp³-hybridized carbons (Fsp3) is 0.684. The van der Waals surface area contributed by atoms with Gasteiger partial charge in [0.2, 0.25) is 5.91 Å². The van der Waals surface area contributed by atoms with Gasteiger partial charge in [-0.15, -0.1) is 0 Å². The molecular formula is C19H27N3O2. The van der Waals surface area contributed by atoms with E-state index in [1.807, 2.05) is 18.3 Å². The van der Waals surface area contributed by atoms with Crippen molar-refractivity contribution < 1.29 is 9.53 Å². The van der Waals surface area contributed by atoms with Crippen LogP contribution in [0.5, 0.6) is 0 Å². The van der Waals surface area contributed by atoms with E-state index in [9.17, 15) is 4.79 Å². The Balaban J connectivity index is 1.56. The SMILES string of the molecule is O=C([C@@H](c1cccnc1)N1CCCC1)N1CCOC2(CCCC2)C1. The highest BCUT2D eigenvalue weighted by Gasteiger charge is 2.43. The molecule has 24 heavy (non-hydrogen) atoms. The average molecular weight is 329 g/mol. The molecule has 1 amide bonds. The Morgan fingerprint density at radius 1 is 1.17 bits per heavy atom. The summed E-state index contributed by atoms with van der Waals surface area (Å²) >= 11 is 0. The minimum Gasteiger partial charge on any atom is -0.371 e. The van der Waals surface area contributed by atoms with Crippen LogP contribution >= 0.6 is 0 Å². The minimum atomic E-state index is -0.183. The Labute approximate surface area is 144 Å². The molecule has 0 unspecified atom stereocenters. The molecule has 2 saturated heterocycles. The van der Waals surface area contributed by atoms with Gasteiger partial charge in [-0.25, -0.2) is 0 Å². The smallest absolute Gasteiger partial charge is 0.244 e. The Morgan fingerprint density at radius 2 is 1.96 bits per heavy atom. The zero-order valence-corrected chi connectivity index (χ0v) is 14.3. The van der Waals surface area contributed by atoms with Crippen molar-refractivity contribution in [1.29, 1.82) is 0 Å². The number of carbonyl (C=O) groups excluding carboxylic acids is 1. The second-order valence-electron chi connectivity index (χ2n) is 7.43. The first-order chi connectivity index (χ1) is 11.8. The highest BCUT2D eigenvalue weighted by Crippen LogP contribution is 2.37. The molecule has 3 heterocycles. The minimum absolute atomic E-state index is 0.0710. The van der Waals surface area contributed by atoms with E-state index in [0.717, 1.165) is 38.0 Å². The number of carbonyl (C=O) groups is 1. The zero-order chi connectivity index (χ0) is 16.4. The van der Waals surface area contributed by atoms with Crippen LogP contribution < -0.4 is 0 Å². The van der Waals surface area contributed by atoms with E-state index < -0.39 is 0 Å². The molecule has 1 saturated carbocycles. The summed E-state index contributed by atoms with van der Waals surface area (Å²) in [6, 6.07) is 3.79. The molecule has 0 N–H and O–H groups in total. The van der Waals surface area contributed by atoms with Crippen LogP contribution in [0.2, 0.25) is 0 Å². The number of ether oxygens (including phenoxy) is 1. The van der Waals surface area contributed by atoms with Crippen molar-refractivity contribution in [3.63, 3.8) is 0 Å². The van der Waals surface area contributed by atoms with E-state index in [1.165, 1.54) is 25.7 Å². The monoisotopic (exact) mass is 329 g/mol. The first-order valence-electron chi connectivity index (χ1n) is 9.34. The van der Waals surface area contributed by atoms with E-state index in [4.69, 9.17) is 4.74 Å². The predicted octanol–water partition coefficient (Wildman–Crippen LogP) is 2.39. The average Bonchev–Trinajstić information content (AvgIpc) is 3.29. The maximum atomic E-state index is 13.4. The second kappa shape index (κ2) is 6.81. The molecule has 3 aliphatic rings. The molecule has 130 valence electrons. The quantitative estimate of drug-likeness (QED) is 0.854. The van der Waals surface area contributed by atoms with Crippen LogP contribution in [0.3, 0.4) is 0 Å². The molecule has 2 aliphatic heterocycles. The summed E-state index contributed by atoms with van der Waals surface area (Å²) in [5.74, 6) is 0.236. The van der Waals surface area contributed by atoms with Gasteiger partial charge in [0.05, 0.1) is 12.2 Å². The number of rotatable bonds is 3. The molecule has 5 nitrogen and oxygen atoms in total. The Bertz CT molecular complexity index is 565. The van der Waals surface area contributed by atoms with Crippen molar-refractivity contribution in [3.8, 4) is 0 Å². The summed E-state index contributed by atoms with van der Waals surface area (Å²) in [6.07, 6.45) is 10.6. The summed E-state index contributed by atoms with van der Waals surface area (Å²) in [5.41, 5.74) is 0.953. The summed E-state index contributed by atoms with van der Waals surface area (Å²) in [7, 11) is 0. The summed E-state index contributed by atoms with van der Waals surface area (Å²) in [4.78, 5) is 22.1. The van der Waals surface area contributed by atoms with E-state index in [1.54, 1.807) is 6.20 Å². The fourth-order valence-electron chi connectivity index (χ4n) is 4.57. The number of pyridine rings is 1. The van der Waals surface area contributed by atoms with Crippen LogP contribution in [0.1, 0.15) is 50.1 Å². The van der Waals surface area contributed by atoms with Gasteiger partial charge in [-0.1, -0.05) is 18.9 Å². The second-order valence-corrected chi connectivity index (χ2v) is 7.43. The number of aromatic nitrogens is 1. The van der Waals surface area contributed by atoms with E-state index >= 15 is 0 Å². The van der Waals surface area contributed by atoms with Crippen LogP contribution in [0, 0.1) is 0 Å². The molecule has 0 radical (unpaired) electrons. The fourth-order valence-corrected chi connectivity index (χ4v) is 4.57. The van der Waals surface area contributed by atoms with Gasteiger partial charge < -0.3 is 9.64 Å². The van der Waals surface area contributed by atoms with Crippen LogP contribution in [0.25, 0.3) is 0 Å². The van der Waals surface area contributed by atoms with Gasteiger partial charge in [-0.3, -0.25) is 14.7 Å². The van der Waals surface area contributed by atoms with Crippen molar-refractivity contribution >= 4 is 5.91 Å². The van der Waals surface area contributed by atoms with Crippen molar-refractivity contribution in [2.24, 2.45) is 0 Å². The maximum absolute atomic E-state index is 13.4. The van der Waals surface area contributed by atoms with Crippen LogP contribution in [0.4, 0.5) is 0 Å². The predicted molar refractivity (Wildman–Crippen MR) is 91.5 cm³/mol. The lowest BCUT2D eigenvalue weighted by molar-refractivity contribution is -0.154. The van der Waals surface area contributed by atoms with E-state index in [0.29, 0.717) is 13.2 Å². The Morgan fingerprint density at radius 3 is 2.67 bits per heavy atom. The van der Waals surface area contributed by atoms with Gasteiger partial charge in [0.15, 0.2) is 0 Å². The summed E-state index contributed by atoms with van der Waals surface area (Å²) < 4.78 is 6.10. The maximum Gasteiger partial charge on any atom is 0.244 e. The number of hydrogen-bond donors (Lipinski definition) is 0. The molecule has 0 aromatic carbocycles. The van der Waals surface area contributed by atoms with Gasteiger partial charge in [0, 0.05) is 25.5 Å². The first-order valence-corrected chi connectivity index (χ1v) is 9.34. The zero-order valence-electron chi connectivity index (χ0n) is 14.3. The largest absolute Gasteiger partial charge is 0.371 e. The van der Waals surface area contributed by atoms with Crippen molar-refractivity contribution in [2.45, 2.75) is 50.2 Å². The molecular weight excluding hydrogens is 302 g/mol. The lowest BCUT2D eigenvalue weighted by atomic mass is 9.98. The Hall–Kier alpha value is -1.46. The molecule has 1 aromatic rings. The third kappa shape index (κ3) is 3.07. The van der Waals surface area contributed by atoms with Gasteiger partial charge in [0.1, 0.15) is 6.04 Å². The molecule has 1 spiro atoms. The molecule has 3 fully saturated rings. The van der Waals surface area contributed by atoms with Crippen LogP contribution in [-0.4, -0.2) is 59.1 Å². The molecule has 1 atom stereocenters.